The SMILES string of the molecule is COCCN(CC1CCN(c2ccc(-n3cnc4ccc(Oc5c(F)ccc(NS(=O)(=O)N6CC[C@@H](F)C6)c5C#N)cc4c3=O)cc2)CC1)[C@H]1C[C@H](Oc2ccc3c(c2)CN([C@H]2CCC(=O)NC2=O)C3=O)C1. The number of nitriles is 1. The van der Waals surface area contributed by atoms with E-state index in [-0.39, 0.29) is 60.7 Å². The fourth-order valence-corrected chi connectivity index (χ4v) is 11.6. The van der Waals surface area contributed by atoms with Gasteiger partial charge in [-0.15, -0.1) is 0 Å². The number of rotatable bonds is 16. The number of aromatic nitrogens is 2. The number of hydrogen-bond acceptors (Lipinski definition) is 13. The molecule has 376 valence electrons. The van der Waals surface area contributed by atoms with Crippen LogP contribution in [-0.4, -0.2) is 127 Å². The van der Waals surface area contributed by atoms with Gasteiger partial charge in [0.15, 0.2) is 11.6 Å². The molecule has 0 spiro atoms. The van der Waals surface area contributed by atoms with Crippen molar-refractivity contribution < 1.29 is 45.8 Å². The quantitative estimate of drug-likeness (QED) is 0.119. The van der Waals surface area contributed by atoms with Crippen LogP contribution >= 0.6 is 0 Å². The van der Waals surface area contributed by atoms with E-state index < -0.39 is 51.0 Å². The van der Waals surface area contributed by atoms with Crippen LogP contribution in [0.2, 0.25) is 0 Å². The van der Waals surface area contributed by atoms with E-state index in [1.807, 2.05) is 36.4 Å². The van der Waals surface area contributed by atoms with E-state index in [4.69, 9.17) is 14.2 Å². The molecular weight excluding hydrogens is 953 g/mol. The smallest absolute Gasteiger partial charge is 0.301 e. The Morgan fingerprint density at radius 3 is 2.42 bits per heavy atom. The number of halogens is 2. The zero-order valence-corrected chi connectivity index (χ0v) is 40.3. The number of hydrogen-bond donors (Lipinski definition) is 2. The summed E-state index contributed by atoms with van der Waals surface area (Å²) >= 11 is 0. The van der Waals surface area contributed by atoms with E-state index in [1.165, 1.54) is 29.1 Å². The molecule has 21 heteroatoms. The average molecular weight is 1010 g/mol. The number of piperidine rings is 2. The zero-order chi connectivity index (χ0) is 50.3. The summed E-state index contributed by atoms with van der Waals surface area (Å²) in [5, 5.41) is 12.5. The Morgan fingerprint density at radius 1 is 0.931 bits per heavy atom. The van der Waals surface area contributed by atoms with Crippen molar-refractivity contribution in [3.63, 3.8) is 0 Å². The van der Waals surface area contributed by atoms with Crippen LogP contribution < -0.4 is 30.0 Å². The molecule has 2 N–H and O–H groups in total. The topological polar surface area (TPSA) is 209 Å². The number of ether oxygens (including phenoxy) is 3. The molecule has 5 aliphatic rings. The number of carbonyl (C=O) groups excluding carboxylic acids is 3. The molecule has 18 nitrogen and oxygen atoms in total. The Kier molecular flexibility index (Phi) is 13.7. The Hall–Kier alpha value is -6.99. The summed E-state index contributed by atoms with van der Waals surface area (Å²) in [5.74, 6) is -1.26. The van der Waals surface area contributed by atoms with Crippen molar-refractivity contribution in [1.29, 1.82) is 5.26 Å². The van der Waals surface area contributed by atoms with Crippen molar-refractivity contribution in [3.05, 3.63) is 112 Å². The molecule has 1 saturated carbocycles. The van der Waals surface area contributed by atoms with Gasteiger partial charge in [0.05, 0.1) is 28.9 Å². The summed E-state index contributed by atoms with van der Waals surface area (Å²) < 4.78 is 77.2. The van der Waals surface area contributed by atoms with Crippen LogP contribution in [-0.2, 0) is 31.1 Å². The Bertz CT molecular complexity index is 3140. The third kappa shape index (κ3) is 9.95. The summed E-state index contributed by atoms with van der Waals surface area (Å²) in [6.45, 7) is 4.02. The molecule has 5 aromatic rings. The maximum atomic E-state index is 15.2. The van der Waals surface area contributed by atoms with Gasteiger partial charge in [0.25, 0.3) is 11.5 Å². The van der Waals surface area contributed by atoms with Gasteiger partial charge < -0.3 is 24.0 Å². The lowest BCUT2D eigenvalue weighted by Gasteiger charge is -2.45. The lowest BCUT2D eigenvalue weighted by molar-refractivity contribution is -0.136. The van der Waals surface area contributed by atoms with E-state index in [0.717, 1.165) is 79.6 Å². The van der Waals surface area contributed by atoms with E-state index in [2.05, 4.69) is 24.8 Å². The van der Waals surface area contributed by atoms with Gasteiger partial charge >= 0.3 is 10.2 Å². The van der Waals surface area contributed by atoms with Gasteiger partial charge in [0.2, 0.25) is 11.8 Å². The summed E-state index contributed by atoms with van der Waals surface area (Å²) in [7, 11) is -2.53. The maximum Gasteiger partial charge on any atom is 0.301 e. The van der Waals surface area contributed by atoms with E-state index in [0.29, 0.717) is 54.0 Å². The van der Waals surface area contributed by atoms with E-state index in [9.17, 15) is 37.2 Å². The minimum absolute atomic E-state index is 0.0101. The second-order valence-corrected chi connectivity index (χ2v) is 20.7. The molecule has 3 saturated heterocycles. The first-order valence-electron chi connectivity index (χ1n) is 24.1. The van der Waals surface area contributed by atoms with E-state index in [1.54, 1.807) is 24.1 Å². The summed E-state index contributed by atoms with van der Waals surface area (Å²) in [6, 6.07) is 21.1. The van der Waals surface area contributed by atoms with Crippen molar-refractivity contribution in [2.75, 3.05) is 62.6 Å². The maximum absolute atomic E-state index is 15.2. The van der Waals surface area contributed by atoms with Crippen LogP contribution in [0.4, 0.5) is 20.2 Å². The standard InChI is InChI=1S/C51H53F2N9O9S/c1-69-21-20-59(36-23-39(24-36)70-37-6-8-40-32(22-37)28-61(50(40)65)46-12-13-47(63)56-49(46)64)27-31-14-17-58(18-15-31)34-2-4-35(5-3-34)62-30-55-44-10-7-38(25-41(44)51(62)66)71-48-42(26-54)45(11-9-43(48)53)57-72(67,68)60-19-16-33(52)29-60/h2-11,22,25,30-31,33,36,39,46,57H,12-21,23-24,27-29H2,1H3,(H,56,63,64)/t33-,36-,39-,46+/m1/s1. The number of methoxy groups -OCH3 is 1. The van der Waals surface area contributed by atoms with Gasteiger partial charge in [-0.05, 0) is 110 Å². The fraction of sp³-hybridized carbons (Fsp3) is 0.412. The summed E-state index contributed by atoms with van der Waals surface area (Å²) in [5.41, 5.74) is 2.23. The zero-order valence-electron chi connectivity index (χ0n) is 39.5. The Balaban J connectivity index is 0.737. The third-order valence-corrected chi connectivity index (χ3v) is 15.9. The molecule has 3 amide bonds. The molecule has 0 unspecified atom stereocenters. The van der Waals surface area contributed by atoms with Crippen LogP contribution in [0.1, 0.15) is 66.4 Å². The number of nitrogens with zero attached hydrogens (tertiary/aromatic N) is 7. The van der Waals surface area contributed by atoms with Crippen molar-refractivity contribution in [1.82, 2.24) is 29.0 Å². The second kappa shape index (κ2) is 20.3. The van der Waals surface area contributed by atoms with Gasteiger partial charge in [-0.3, -0.25) is 38.7 Å². The monoisotopic (exact) mass is 1010 g/mol. The highest BCUT2D eigenvalue weighted by atomic mass is 32.2. The van der Waals surface area contributed by atoms with Gasteiger partial charge in [0, 0.05) is 89.5 Å². The van der Waals surface area contributed by atoms with Crippen LogP contribution in [0.3, 0.4) is 0 Å². The highest BCUT2D eigenvalue weighted by Gasteiger charge is 2.41. The Morgan fingerprint density at radius 2 is 1.69 bits per heavy atom. The molecule has 0 radical (unpaired) electrons. The number of amides is 3. The molecule has 0 bridgehead atoms. The number of carbonyl (C=O) groups is 3. The van der Waals surface area contributed by atoms with Crippen molar-refractivity contribution >= 4 is 50.2 Å². The van der Waals surface area contributed by atoms with Crippen LogP contribution in [0.5, 0.6) is 17.2 Å². The van der Waals surface area contributed by atoms with Gasteiger partial charge in [-0.2, -0.15) is 18.0 Å². The highest BCUT2D eigenvalue weighted by molar-refractivity contribution is 7.90. The lowest BCUT2D eigenvalue weighted by atomic mass is 9.86. The predicted molar refractivity (Wildman–Crippen MR) is 260 cm³/mol. The number of benzene rings is 4. The van der Waals surface area contributed by atoms with Crippen molar-refractivity contribution in [2.24, 2.45) is 5.92 Å². The van der Waals surface area contributed by atoms with Crippen LogP contribution in [0.15, 0.2) is 83.9 Å². The summed E-state index contributed by atoms with van der Waals surface area (Å²) in [4.78, 5) is 62.1. The second-order valence-electron chi connectivity index (χ2n) is 19.0. The summed E-state index contributed by atoms with van der Waals surface area (Å²) in [6.07, 6.45) is 4.45. The first-order chi connectivity index (χ1) is 34.7. The van der Waals surface area contributed by atoms with E-state index >= 15 is 4.39 Å². The predicted octanol–water partition coefficient (Wildman–Crippen LogP) is 5.43. The van der Waals surface area contributed by atoms with Crippen molar-refractivity contribution in [2.45, 2.75) is 75.8 Å². The average Bonchev–Trinajstić information content (AvgIpc) is 3.95. The van der Waals surface area contributed by atoms with Crippen LogP contribution in [0, 0.1) is 23.1 Å². The number of imide groups is 1. The molecule has 4 aliphatic heterocycles. The lowest BCUT2D eigenvalue weighted by Crippen LogP contribution is -2.52. The molecule has 1 aromatic heterocycles. The molecule has 2 atom stereocenters. The molecule has 4 fully saturated rings. The van der Waals surface area contributed by atoms with Gasteiger partial charge in [-0.25, -0.2) is 13.8 Å². The number of alkyl halides is 1. The van der Waals surface area contributed by atoms with Gasteiger partial charge in [-0.1, -0.05) is 0 Å². The molecule has 1 aliphatic carbocycles. The highest BCUT2D eigenvalue weighted by Crippen LogP contribution is 2.37. The molecule has 4 aromatic carbocycles. The first-order valence-corrected chi connectivity index (χ1v) is 25.6. The number of nitrogens with one attached hydrogen (secondary N) is 2. The molecule has 5 heterocycles. The van der Waals surface area contributed by atoms with Crippen molar-refractivity contribution in [3.8, 4) is 29.0 Å². The molecule has 10 rings (SSSR count). The fourth-order valence-electron chi connectivity index (χ4n) is 10.3. The molecular formula is C51H53F2N9O9S. The largest absolute Gasteiger partial charge is 0.490 e. The minimum atomic E-state index is -4.25. The Labute approximate surface area is 414 Å². The minimum Gasteiger partial charge on any atom is -0.490 e. The van der Waals surface area contributed by atoms with Crippen LogP contribution in [0.25, 0.3) is 16.6 Å². The van der Waals surface area contributed by atoms with Gasteiger partial charge in [0.1, 0.15) is 47.8 Å². The normalized spacial score (nSPS) is 21.7. The third-order valence-electron chi connectivity index (χ3n) is 14.4. The number of fused-ring (bicyclic) bond motifs is 2. The first kappa shape index (κ1) is 48.6. The molecule has 72 heavy (non-hydrogen) atoms. The number of anilines is 2.